The molecule has 8 heteroatoms. The number of halogens is 1. The maximum absolute atomic E-state index is 12.9. The average Bonchev–Trinajstić information content (AvgIpc) is 2.61. The summed E-state index contributed by atoms with van der Waals surface area (Å²) < 4.78 is 23.7. The molecule has 3 N–H and O–H groups in total. The lowest BCUT2D eigenvalue weighted by Crippen LogP contribution is -2.28. The minimum absolute atomic E-state index is 0.186. The molecule has 0 radical (unpaired) electrons. The topological polar surface area (TPSA) is 102 Å². The molecule has 1 atom stereocenters. The summed E-state index contributed by atoms with van der Waals surface area (Å²) >= 11 is 6.01. The van der Waals surface area contributed by atoms with Crippen molar-refractivity contribution in [3.63, 3.8) is 0 Å². The van der Waals surface area contributed by atoms with Gasteiger partial charge in [-0.05, 0) is 56.2 Å². The summed E-state index contributed by atoms with van der Waals surface area (Å²) in [5, 5.41) is 4.31. The van der Waals surface area contributed by atoms with Crippen LogP contribution >= 0.6 is 11.6 Å². The van der Waals surface area contributed by atoms with Crippen LogP contribution in [0.15, 0.2) is 41.3 Å². The van der Waals surface area contributed by atoms with Crippen molar-refractivity contribution in [2.75, 3.05) is 12.0 Å². The number of pyridine rings is 1. The highest BCUT2D eigenvalue weighted by atomic mass is 35.5. The monoisotopic (exact) mass is 431 g/mol. The number of fused-ring (bicyclic) bond motifs is 1. The number of hydrogen-bond acceptors (Lipinski definition) is 5. The van der Waals surface area contributed by atoms with Crippen LogP contribution in [0.4, 0.5) is 5.69 Å². The smallest absolute Gasteiger partial charge is 0.253 e. The Bertz CT molecular complexity index is 1240. The maximum atomic E-state index is 12.9. The Morgan fingerprint density at radius 2 is 1.86 bits per heavy atom. The Hall–Kier alpha value is -2.64. The molecule has 0 fully saturated rings. The summed E-state index contributed by atoms with van der Waals surface area (Å²) in [5.41, 5.74) is 9.41. The molecule has 2 aromatic carbocycles. The van der Waals surface area contributed by atoms with Gasteiger partial charge < -0.3 is 11.1 Å². The van der Waals surface area contributed by atoms with E-state index in [9.17, 15) is 13.2 Å². The number of hydrogen-bond donors (Lipinski definition) is 2. The quantitative estimate of drug-likeness (QED) is 0.608. The molecular formula is C21H22ClN3O3S. The van der Waals surface area contributed by atoms with Crippen LogP contribution < -0.4 is 11.1 Å². The molecule has 1 aromatic heterocycles. The number of sulfone groups is 1. The van der Waals surface area contributed by atoms with Crippen molar-refractivity contribution >= 4 is 43.9 Å². The third kappa shape index (κ3) is 4.21. The summed E-state index contributed by atoms with van der Waals surface area (Å²) in [6, 6.07) is 9.82. The van der Waals surface area contributed by atoms with Crippen molar-refractivity contribution < 1.29 is 13.2 Å². The Labute approximate surface area is 175 Å². The van der Waals surface area contributed by atoms with E-state index in [0.29, 0.717) is 33.1 Å². The number of nitrogens with two attached hydrogens (primary N) is 1. The molecule has 0 saturated carbocycles. The normalized spacial score (nSPS) is 12.7. The largest absolute Gasteiger partial charge is 0.398 e. The van der Waals surface area contributed by atoms with E-state index in [0.717, 1.165) is 17.2 Å². The third-order valence-electron chi connectivity index (χ3n) is 4.93. The molecule has 0 spiro atoms. The highest BCUT2D eigenvalue weighted by molar-refractivity contribution is 7.90. The van der Waals surface area contributed by atoms with Gasteiger partial charge in [-0.25, -0.2) is 8.42 Å². The average molecular weight is 432 g/mol. The Kier molecular flexibility index (Phi) is 5.56. The number of anilines is 1. The van der Waals surface area contributed by atoms with Gasteiger partial charge in [0.2, 0.25) is 0 Å². The van der Waals surface area contributed by atoms with E-state index in [1.165, 1.54) is 6.07 Å². The lowest BCUT2D eigenvalue weighted by atomic mass is 10.0. The van der Waals surface area contributed by atoms with Crippen molar-refractivity contribution in [1.82, 2.24) is 10.3 Å². The predicted molar refractivity (Wildman–Crippen MR) is 116 cm³/mol. The highest BCUT2D eigenvalue weighted by Gasteiger charge is 2.20. The van der Waals surface area contributed by atoms with Crippen molar-refractivity contribution in [2.45, 2.75) is 31.7 Å². The number of carbonyl (C=O) groups is 1. The minimum Gasteiger partial charge on any atom is -0.398 e. The molecule has 1 heterocycles. The molecule has 29 heavy (non-hydrogen) atoms. The molecule has 0 bridgehead atoms. The van der Waals surface area contributed by atoms with Crippen LogP contribution in [0, 0.1) is 13.8 Å². The van der Waals surface area contributed by atoms with E-state index < -0.39 is 15.9 Å². The number of aryl methyl sites for hydroxylation is 1. The first-order valence-electron chi connectivity index (χ1n) is 8.96. The number of rotatable bonds is 4. The number of aromatic nitrogens is 1. The van der Waals surface area contributed by atoms with Crippen LogP contribution in [-0.4, -0.2) is 25.6 Å². The van der Waals surface area contributed by atoms with E-state index in [4.69, 9.17) is 17.3 Å². The molecular weight excluding hydrogens is 410 g/mol. The molecule has 0 aliphatic heterocycles. The lowest BCUT2D eigenvalue weighted by molar-refractivity contribution is 0.0939. The summed E-state index contributed by atoms with van der Waals surface area (Å²) in [4.78, 5) is 17.5. The van der Waals surface area contributed by atoms with E-state index in [1.807, 2.05) is 6.07 Å². The fourth-order valence-electron chi connectivity index (χ4n) is 3.33. The van der Waals surface area contributed by atoms with Crippen LogP contribution in [0.25, 0.3) is 10.9 Å². The number of nitrogens with zero attached hydrogens (tertiary/aromatic N) is 1. The van der Waals surface area contributed by atoms with Gasteiger partial charge >= 0.3 is 0 Å². The summed E-state index contributed by atoms with van der Waals surface area (Å²) in [6.45, 7) is 5.22. The van der Waals surface area contributed by atoms with Gasteiger partial charge in [0.25, 0.3) is 5.91 Å². The van der Waals surface area contributed by atoms with Crippen molar-refractivity contribution in [2.24, 2.45) is 0 Å². The maximum Gasteiger partial charge on any atom is 0.253 e. The summed E-state index contributed by atoms with van der Waals surface area (Å²) in [6.07, 6.45) is 1.14. The lowest BCUT2D eigenvalue weighted by Gasteiger charge is -2.19. The molecule has 6 nitrogen and oxygen atoms in total. The van der Waals surface area contributed by atoms with Gasteiger partial charge in [0.05, 0.1) is 27.7 Å². The van der Waals surface area contributed by atoms with Gasteiger partial charge in [-0.2, -0.15) is 0 Å². The number of carbonyl (C=O) groups excluding carboxylic acids is 1. The molecule has 3 aromatic rings. The van der Waals surface area contributed by atoms with Gasteiger partial charge in [0.1, 0.15) is 0 Å². The summed E-state index contributed by atoms with van der Waals surface area (Å²) in [5.74, 6) is -0.288. The second kappa shape index (κ2) is 7.65. The van der Waals surface area contributed by atoms with Crippen molar-refractivity contribution in [3.8, 4) is 0 Å². The number of nitrogens with one attached hydrogen (secondary N) is 1. The van der Waals surface area contributed by atoms with Gasteiger partial charge in [0.15, 0.2) is 9.84 Å². The first-order valence-corrected chi connectivity index (χ1v) is 11.2. The van der Waals surface area contributed by atoms with Crippen molar-refractivity contribution in [1.29, 1.82) is 0 Å². The van der Waals surface area contributed by atoms with Gasteiger partial charge in [-0.3, -0.25) is 9.78 Å². The minimum atomic E-state index is -3.38. The first kappa shape index (κ1) is 21.1. The Balaban J connectivity index is 1.91. The fraction of sp³-hybridized carbons (Fsp3) is 0.238. The molecule has 0 aliphatic carbocycles. The Morgan fingerprint density at radius 1 is 1.17 bits per heavy atom. The standard InChI is InChI=1S/C21H22ClN3O3S/c1-11-19(29(4,27)28)8-7-16(20(11)23)12(2)25-21(26)17-9-14-5-6-15(22)10-18(14)24-13(17)3/h5-10,12H,23H2,1-4H3,(H,25,26)/t12-/m1/s1. The molecule has 3 rings (SSSR count). The highest BCUT2D eigenvalue weighted by Crippen LogP contribution is 2.29. The second-order valence-corrected chi connectivity index (χ2v) is 9.54. The zero-order valence-corrected chi connectivity index (χ0v) is 18.1. The zero-order chi connectivity index (χ0) is 21.5. The second-order valence-electron chi connectivity index (χ2n) is 7.12. The van der Waals surface area contributed by atoms with E-state index in [-0.39, 0.29) is 10.8 Å². The van der Waals surface area contributed by atoms with Crippen LogP contribution in [0.1, 0.15) is 40.1 Å². The zero-order valence-electron chi connectivity index (χ0n) is 16.6. The Morgan fingerprint density at radius 3 is 2.52 bits per heavy atom. The molecule has 0 aliphatic rings. The van der Waals surface area contributed by atoms with E-state index >= 15 is 0 Å². The third-order valence-corrected chi connectivity index (χ3v) is 6.40. The van der Waals surface area contributed by atoms with Gasteiger partial charge in [-0.15, -0.1) is 0 Å². The number of amides is 1. The van der Waals surface area contributed by atoms with E-state index in [1.54, 1.807) is 45.0 Å². The number of benzene rings is 2. The molecule has 0 unspecified atom stereocenters. The van der Waals surface area contributed by atoms with Gasteiger partial charge in [-0.1, -0.05) is 23.7 Å². The predicted octanol–water partition coefficient (Wildman–Crippen LogP) is 3.98. The molecule has 0 saturated heterocycles. The molecule has 1 amide bonds. The van der Waals surface area contributed by atoms with Crippen LogP contribution in [0.3, 0.4) is 0 Å². The molecule has 152 valence electrons. The van der Waals surface area contributed by atoms with Crippen LogP contribution in [0.2, 0.25) is 5.02 Å². The summed E-state index contributed by atoms with van der Waals surface area (Å²) in [7, 11) is -3.38. The van der Waals surface area contributed by atoms with Crippen molar-refractivity contribution in [3.05, 3.63) is 63.8 Å². The van der Waals surface area contributed by atoms with Gasteiger partial charge in [0, 0.05) is 22.4 Å². The van der Waals surface area contributed by atoms with E-state index in [2.05, 4.69) is 10.3 Å². The van der Waals surface area contributed by atoms with Crippen LogP contribution in [0.5, 0.6) is 0 Å². The number of nitrogen functional groups attached to an aromatic ring is 1. The fourth-order valence-corrected chi connectivity index (χ4v) is 4.48. The first-order chi connectivity index (χ1) is 13.5. The SMILES string of the molecule is Cc1nc2cc(Cl)ccc2cc1C(=O)N[C@H](C)c1ccc(S(C)(=O)=O)c(C)c1N. The van der Waals surface area contributed by atoms with Crippen LogP contribution in [-0.2, 0) is 9.84 Å².